The summed E-state index contributed by atoms with van der Waals surface area (Å²) in [6.07, 6.45) is 3.82. The number of ether oxygens (including phenoxy) is 1. The number of likely N-dealkylation sites (tertiary alicyclic amines) is 1. The first-order chi connectivity index (χ1) is 11.5. The molecule has 0 saturated carbocycles. The lowest BCUT2D eigenvalue weighted by Gasteiger charge is -2.24. The summed E-state index contributed by atoms with van der Waals surface area (Å²) in [5.74, 6) is 1.57. The Morgan fingerprint density at radius 1 is 1.25 bits per heavy atom. The van der Waals surface area contributed by atoms with E-state index in [0.717, 1.165) is 36.7 Å². The molecule has 0 unspecified atom stereocenters. The Hall–Kier alpha value is -2.43. The fraction of sp³-hybridized carbons (Fsp3) is 0.421. The fourth-order valence-corrected chi connectivity index (χ4v) is 3.09. The van der Waals surface area contributed by atoms with E-state index < -0.39 is 0 Å². The van der Waals surface area contributed by atoms with Gasteiger partial charge >= 0.3 is 0 Å². The SMILES string of the molecule is Cc1nccc([C@@H]2CCCN2C(=O)c2ccc(OC(C)C)cc2)n1. The molecule has 2 heterocycles. The van der Waals surface area contributed by atoms with Gasteiger partial charge in [-0.3, -0.25) is 4.79 Å². The molecule has 1 aliphatic rings. The fourth-order valence-electron chi connectivity index (χ4n) is 3.09. The first kappa shape index (κ1) is 16.4. The van der Waals surface area contributed by atoms with E-state index in [9.17, 15) is 4.79 Å². The van der Waals surface area contributed by atoms with Crippen molar-refractivity contribution < 1.29 is 9.53 Å². The van der Waals surface area contributed by atoms with E-state index in [0.29, 0.717) is 5.56 Å². The van der Waals surface area contributed by atoms with Crippen LogP contribution in [-0.2, 0) is 0 Å². The maximum atomic E-state index is 12.9. The molecule has 1 atom stereocenters. The van der Waals surface area contributed by atoms with Crippen LogP contribution >= 0.6 is 0 Å². The summed E-state index contributed by atoms with van der Waals surface area (Å²) in [5, 5.41) is 0. The first-order valence-corrected chi connectivity index (χ1v) is 8.42. The van der Waals surface area contributed by atoms with Gasteiger partial charge in [0.05, 0.1) is 17.8 Å². The summed E-state index contributed by atoms with van der Waals surface area (Å²) in [4.78, 5) is 23.5. The van der Waals surface area contributed by atoms with Crippen molar-refractivity contribution in [1.29, 1.82) is 0 Å². The zero-order valence-corrected chi connectivity index (χ0v) is 14.4. The van der Waals surface area contributed by atoms with E-state index in [-0.39, 0.29) is 18.1 Å². The molecule has 1 aromatic carbocycles. The van der Waals surface area contributed by atoms with Crippen molar-refractivity contribution in [2.45, 2.75) is 45.8 Å². The standard InChI is InChI=1S/C19H23N3O2/c1-13(2)24-16-8-6-15(7-9-16)19(23)22-12-4-5-18(22)17-10-11-20-14(3)21-17/h6-11,13,18H,4-5,12H2,1-3H3/t18-/m0/s1. The van der Waals surface area contributed by atoms with E-state index in [1.807, 2.05) is 56.0 Å². The monoisotopic (exact) mass is 325 g/mol. The lowest BCUT2D eigenvalue weighted by molar-refractivity contribution is 0.0732. The molecule has 3 rings (SSSR count). The highest BCUT2D eigenvalue weighted by atomic mass is 16.5. The predicted octanol–water partition coefficient (Wildman–Crippen LogP) is 3.55. The Morgan fingerprint density at radius 2 is 2.00 bits per heavy atom. The van der Waals surface area contributed by atoms with Crippen molar-refractivity contribution in [3.8, 4) is 5.75 Å². The molecule has 1 aromatic heterocycles. The lowest BCUT2D eigenvalue weighted by Crippen LogP contribution is -2.31. The van der Waals surface area contributed by atoms with Gasteiger partial charge in [-0.15, -0.1) is 0 Å². The van der Waals surface area contributed by atoms with Crippen LogP contribution in [-0.4, -0.2) is 33.4 Å². The van der Waals surface area contributed by atoms with Gasteiger partial charge in [0.1, 0.15) is 11.6 Å². The van der Waals surface area contributed by atoms with Gasteiger partial charge in [0.2, 0.25) is 0 Å². The van der Waals surface area contributed by atoms with Gasteiger partial charge in [-0.2, -0.15) is 0 Å². The van der Waals surface area contributed by atoms with Gasteiger partial charge in [0.15, 0.2) is 0 Å². The number of carbonyl (C=O) groups excluding carboxylic acids is 1. The molecule has 0 radical (unpaired) electrons. The molecule has 1 fully saturated rings. The quantitative estimate of drug-likeness (QED) is 0.862. The lowest BCUT2D eigenvalue weighted by atomic mass is 10.1. The smallest absolute Gasteiger partial charge is 0.254 e. The van der Waals surface area contributed by atoms with Crippen molar-refractivity contribution in [2.24, 2.45) is 0 Å². The third kappa shape index (κ3) is 3.55. The largest absolute Gasteiger partial charge is 0.491 e. The molecule has 1 amide bonds. The molecule has 1 aliphatic heterocycles. The predicted molar refractivity (Wildman–Crippen MR) is 92.0 cm³/mol. The third-order valence-corrected chi connectivity index (χ3v) is 4.13. The second-order valence-electron chi connectivity index (χ2n) is 6.38. The molecule has 5 nitrogen and oxygen atoms in total. The van der Waals surface area contributed by atoms with Crippen LogP contribution in [0.1, 0.15) is 54.6 Å². The highest BCUT2D eigenvalue weighted by molar-refractivity contribution is 5.94. The number of hydrogen-bond donors (Lipinski definition) is 0. The zero-order valence-electron chi connectivity index (χ0n) is 14.4. The number of amides is 1. The van der Waals surface area contributed by atoms with E-state index in [2.05, 4.69) is 9.97 Å². The van der Waals surface area contributed by atoms with Gasteiger partial charge in [-0.1, -0.05) is 0 Å². The van der Waals surface area contributed by atoms with E-state index >= 15 is 0 Å². The van der Waals surface area contributed by atoms with E-state index in [1.54, 1.807) is 6.20 Å². The summed E-state index contributed by atoms with van der Waals surface area (Å²) < 4.78 is 5.64. The number of aryl methyl sites for hydroxylation is 1. The summed E-state index contributed by atoms with van der Waals surface area (Å²) in [6, 6.07) is 9.32. The average molecular weight is 325 g/mol. The van der Waals surface area contributed by atoms with Gasteiger partial charge < -0.3 is 9.64 Å². The Morgan fingerprint density at radius 3 is 2.67 bits per heavy atom. The molecule has 1 saturated heterocycles. The summed E-state index contributed by atoms with van der Waals surface area (Å²) in [7, 11) is 0. The minimum absolute atomic E-state index is 0.0331. The number of aromatic nitrogens is 2. The molecule has 0 bridgehead atoms. The van der Waals surface area contributed by atoms with Crippen molar-refractivity contribution in [1.82, 2.24) is 14.9 Å². The van der Waals surface area contributed by atoms with Crippen molar-refractivity contribution in [3.63, 3.8) is 0 Å². The topological polar surface area (TPSA) is 55.3 Å². The van der Waals surface area contributed by atoms with E-state index in [1.165, 1.54) is 0 Å². The van der Waals surface area contributed by atoms with Crippen molar-refractivity contribution in [2.75, 3.05) is 6.54 Å². The number of nitrogens with zero attached hydrogens (tertiary/aromatic N) is 3. The number of carbonyl (C=O) groups is 1. The molecule has 24 heavy (non-hydrogen) atoms. The minimum Gasteiger partial charge on any atom is -0.491 e. The van der Waals surface area contributed by atoms with Crippen LogP contribution in [0.4, 0.5) is 0 Å². The maximum absolute atomic E-state index is 12.9. The van der Waals surface area contributed by atoms with Gasteiger partial charge in [-0.05, 0) is 63.9 Å². The average Bonchev–Trinajstić information content (AvgIpc) is 3.04. The molecule has 0 aliphatic carbocycles. The van der Waals surface area contributed by atoms with Crippen LogP contribution in [0.5, 0.6) is 5.75 Å². The summed E-state index contributed by atoms with van der Waals surface area (Å²) in [5.41, 5.74) is 1.61. The van der Waals surface area contributed by atoms with Crippen LogP contribution in [0.15, 0.2) is 36.5 Å². The highest BCUT2D eigenvalue weighted by Gasteiger charge is 2.31. The molecule has 0 spiro atoms. The van der Waals surface area contributed by atoms with Gasteiger partial charge in [0, 0.05) is 18.3 Å². The molecule has 126 valence electrons. The Kier molecular flexibility index (Phi) is 4.79. The molecular weight excluding hydrogens is 302 g/mol. The normalized spacial score (nSPS) is 17.3. The van der Waals surface area contributed by atoms with Crippen molar-refractivity contribution in [3.05, 3.63) is 53.6 Å². The minimum atomic E-state index is 0.0331. The first-order valence-electron chi connectivity index (χ1n) is 8.42. The summed E-state index contributed by atoms with van der Waals surface area (Å²) in [6.45, 7) is 6.60. The number of benzene rings is 1. The van der Waals surface area contributed by atoms with Crippen molar-refractivity contribution >= 4 is 5.91 Å². The van der Waals surface area contributed by atoms with Gasteiger partial charge in [0.25, 0.3) is 5.91 Å². The Labute approximate surface area is 142 Å². The van der Waals surface area contributed by atoms with Gasteiger partial charge in [-0.25, -0.2) is 9.97 Å². The van der Waals surface area contributed by atoms with E-state index in [4.69, 9.17) is 4.74 Å². The molecular formula is C19H23N3O2. The van der Waals surface area contributed by atoms with Crippen LogP contribution in [0.3, 0.4) is 0 Å². The molecule has 2 aromatic rings. The third-order valence-electron chi connectivity index (χ3n) is 4.13. The van der Waals surface area contributed by atoms with Crippen LogP contribution in [0, 0.1) is 6.92 Å². The highest BCUT2D eigenvalue weighted by Crippen LogP contribution is 2.32. The molecule has 0 N–H and O–H groups in total. The van der Waals surface area contributed by atoms with Crippen LogP contribution in [0.2, 0.25) is 0 Å². The second-order valence-corrected chi connectivity index (χ2v) is 6.38. The Balaban J connectivity index is 1.78. The van der Waals surface area contributed by atoms with Crippen LogP contribution < -0.4 is 4.74 Å². The van der Waals surface area contributed by atoms with Crippen LogP contribution in [0.25, 0.3) is 0 Å². The maximum Gasteiger partial charge on any atom is 0.254 e. The molecule has 5 heteroatoms. The zero-order chi connectivity index (χ0) is 17.1. The second kappa shape index (κ2) is 6.99. The summed E-state index contributed by atoms with van der Waals surface area (Å²) >= 11 is 0. The Bertz CT molecular complexity index is 713. The number of rotatable bonds is 4. The number of hydrogen-bond acceptors (Lipinski definition) is 4.